The predicted octanol–water partition coefficient (Wildman–Crippen LogP) is 7.85. The second-order valence-electron chi connectivity index (χ2n) is 14.4. The summed E-state index contributed by atoms with van der Waals surface area (Å²) in [6.45, 7) is 28.8. The first-order chi connectivity index (χ1) is 15.1. The third-order valence-corrected chi connectivity index (χ3v) is 7.19. The Morgan fingerprint density at radius 2 is 0.735 bits per heavy atom. The van der Waals surface area contributed by atoms with E-state index >= 15 is 0 Å². The summed E-state index contributed by atoms with van der Waals surface area (Å²) in [7, 11) is 0. The Bertz CT molecular complexity index is 863. The molecular formula is C32H51NO. The summed E-state index contributed by atoms with van der Waals surface area (Å²) in [5.41, 5.74) is 12.0. The molecule has 2 aromatic rings. The summed E-state index contributed by atoms with van der Waals surface area (Å²) in [4.78, 5) is 0. The van der Waals surface area contributed by atoms with Crippen molar-refractivity contribution in [2.75, 3.05) is 0 Å². The normalized spacial score (nSPS) is 14.9. The Labute approximate surface area is 210 Å². The first kappa shape index (κ1) is 28.6. The van der Waals surface area contributed by atoms with E-state index in [9.17, 15) is 5.11 Å². The van der Waals surface area contributed by atoms with E-state index in [1.54, 1.807) is 0 Å². The molecule has 0 amide bonds. The summed E-state index contributed by atoms with van der Waals surface area (Å²) in [6.07, 6.45) is 0.672. The maximum absolute atomic E-state index is 12.7. The highest BCUT2D eigenvalue weighted by Crippen LogP contribution is 2.41. The average molecular weight is 466 g/mol. The van der Waals surface area contributed by atoms with E-state index in [0.717, 1.165) is 11.1 Å². The molecule has 0 spiro atoms. The summed E-state index contributed by atoms with van der Waals surface area (Å²) < 4.78 is 0. The third kappa shape index (κ3) is 5.94. The molecule has 0 saturated carbocycles. The number of hydrogen-bond acceptors (Lipinski definition) is 2. The largest absolute Gasteiger partial charge is 0.379 e. The van der Waals surface area contributed by atoms with Gasteiger partial charge < -0.3 is 10.8 Å². The maximum atomic E-state index is 12.7. The van der Waals surface area contributed by atoms with E-state index in [0.29, 0.717) is 6.42 Å². The molecule has 0 aliphatic carbocycles. The fourth-order valence-corrected chi connectivity index (χ4v) is 4.32. The fraction of sp³-hybridized carbons (Fsp3) is 0.625. The molecule has 0 unspecified atom stereocenters. The van der Waals surface area contributed by atoms with E-state index in [4.69, 9.17) is 5.73 Å². The van der Waals surface area contributed by atoms with Gasteiger partial charge in [-0.1, -0.05) is 126 Å². The molecular weight excluding hydrogens is 414 g/mol. The van der Waals surface area contributed by atoms with Crippen molar-refractivity contribution in [3.63, 3.8) is 0 Å². The molecule has 2 aromatic carbocycles. The van der Waals surface area contributed by atoms with Crippen molar-refractivity contribution in [1.29, 1.82) is 0 Å². The quantitative estimate of drug-likeness (QED) is 0.483. The van der Waals surface area contributed by atoms with Crippen LogP contribution < -0.4 is 5.73 Å². The lowest BCUT2D eigenvalue weighted by Gasteiger charge is -2.39. The maximum Gasteiger partial charge on any atom is 0.130 e. The molecule has 0 heterocycles. The van der Waals surface area contributed by atoms with Gasteiger partial charge >= 0.3 is 0 Å². The molecule has 0 aliphatic heterocycles. The topological polar surface area (TPSA) is 46.2 Å². The number of aliphatic hydroxyl groups is 1. The summed E-state index contributed by atoms with van der Waals surface area (Å²) in [5.74, 6) is 0. The Hall–Kier alpha value is -1.64. The molecule has 34 heavy (non-hydrogen) atoms. The van der Waals surface area contributed by atoms with Crippen LogP contribution in [0.1, 0.15) is 130 Å². The molecule has 2 rings (SSSR count). The lowest BCUT2D eigenvalue weighted by Crippen LogP contribution is -2.46. The van der Waals surface area contributed by atoms with Gasteiger partial charge in [-0.15, -0.1) is 0 Å². The van der Waals surface area contributed by atoms with Crippen molar-refractivity contribution in [3.8, 4) is 0 Å². The lowest BCUT2D eigenvalue weighted by atomic mass is 9.71. The molecule has 0 radical (unpaired) electrons. The van der Waals surface area contributed by atoms with Crippen LogP contribution in [0.2, 0.25) is 0 Å². The van der Waals surface area contributed by atoms with Crippen LogP contribution in [0.25, 0.3) is 0 Å². The monoisotopic (exact) mass is 465 g/mol. The molecule has 2 heteroatoms. The van der Waals surface area contributed by atoms with Gasteiger partial charge in [-0.05, 0) is 61.5 Å². The zero-order valence-corrected chi connectivity index (χ0v) is 24.3. The number of rotatable bonds is 4. The van der Waals surface area contributed by atoms with Crippen molar-refractivity contribution in [2.24, 2.45) is 5.73 Å². The van der Waals surface area contributed by atoms with Crippen LogP contribution in [0.3, 0.4) is 0 Å². The molecule has 0 aromatic heterocycles. The highest BCUT2D eigenvalue weighted by atomic mass is 16.3. The van der Waals surface area contributed by atoms with Gasteiger partial charge in [-0.2, -0.15) is 0 Å². The summed E-state index contributed by atoms with van der Waals surface area (Å²) >= 11 is 0. The van der Waals surface area contributed by atoms with Crippen LogP contribution in [-0.4, -0.2) is 11.1 Å². The summed E-state index contributed by atoms with van der Waals surface area (Å²) in [5, 5.41) is 12.7. The smallest absolute Gasteiger partial charge is 0.130 e. The average Bonchev–Trinajstić information content (AvgIpc) is 2.69. The molecule has 3 N–H and O–H groups in total. The highest BCUT2D eigenvalue weighted by Gasteiger charge is 2.40. The van der Waals surface area contributed by atoms with Gasteiger partial charge in [-0.25, -0.2) is 0 Å². The van der Waals surface area contributed by atoms with Gasteiger partial charge in [0.25, 0.3) is 0 Å². The standard InChI is InChI=1S/C32H51NO/c1-14-27(33)32(34,25-17-21(28(2,3)4)15-22(18-25)29(5,6)7)26-19-23(30(8,9)10)16-24(20-26)31(11,12)13/h15-20,27,34H,14,33H2,1-13H3/t27-/m0/s1. The van der Waals surface area contributed by atoms with Crippen LogP contribution in [0.5, 0.6) is 0 Å². The zero-order valence-electron chi connectivity index (χ0n) is 24.3. The van der Waals surface area contributed by atoms with Gasteiger partial charge in [0.05, 0.1) is 0 Å². The van der Waals surface area contributed by atoms with Crippen LogP contribution >= 0.6 is 0 Å². The molecule has 0 aliphatic rings. The first-order valence-corrected chi connectivity index (χ1v) is 12.9. The number of benzene rings is 2. The molecule has 190 valence electrons. The van der Waals surface area contributed by atoms with Gasteiger partial charge in [-0.3, -0.25) is 0 Å². The van der Waals surface area contributed by atoms with Crippen molar-refractivity contribution in [3.05, 3.63) is 69.8 Å². The SMILES string of the molecule is CC[C@H](N)C(O)(c1cc(C(C)(C)C)cc(C(C)(C)C)c1)c1cc(C(C)(C)C)cc(C(C)(C)C)c1. The van der Waals surface area contributed by atoms with E-state index in [-0.39, 0.29) is 21.7 Å². The third-order valence-electron chi connectivity index (χ3n) is 7.19. The van der Waals surface area contributed by atoms with Gasteiger partial charge in [0.1, 0.15) is 5.60 Å². The van der Waals surface area contributed by atoms with Crippen molar-refractivity contribution in [2.45, 2.75) is 130 Å². The van der Waals surface area contributed by atoms with E-state index in [1.807, 2.05) is 0 Å². The Morgan fingerprint density at radius 3 is 0.912 bits per heavy atom. The highest BCUT2D eigenvalue weighted by molar-refractivity contribution is 5.49. The van der Waals surface area contributed by atoms with Crippen LogP contribution in [0.4, 0.5) is 0 Å². The van der Waals surface area contributed by atoms with Crippen molar-refractivity contribution < 1.29 is 5.11 Å². The van der Waals surface area contributed by atoms with Crippen LogP contribution in [-0.2, 0) is 27.3 Å². The Balaban J connectivity index is 3.01. The van der Waals surface area contributed by atoms with Crippen LogP contribution in [0, 0.1) is 0 Å². The second-order valence-corrected chi connectivity index (χ2v) is 14.4. The van der Waals surface area contributed by atoms with E-state index < -0.39 is 11.6 Å². The summed E-state index contributed by atoms with van der Waals surface area (Å²) in [6, 6.07) is 12.9. The predicted molar refractivity (Wildman–Crippen MR) is 149 cm³/mol. The molecule has 1 atom stereocenters. The van der Waals surface area contributed by atoms with E-state index in [2.05, 4.69) is 126 Å². The van der Waals surface area contributed by atoms with Gasteiger partial charge in [0, 0.05) is 6.04 Å². The molecule has 0 fully saturated rings. The van der Waals surface area contributed by atoms with E-state index in [1.165, 1.54) is 22.3 Å². The van der Waals surface area contributed by atoms with Crippen LogP contribution in [0.15, 0.2) is 36.4 Å². The Morgan fingerprint density at radius 1 is 0.529 bits per heavy atom. The lowest BCUT2D eigenvalue weighted by molar-refractivity contribution is 0.0497. The fourth-order valence-electron chi connectivity index (χ4n) is 4.32. The zero-order chi connectivity index (χ0) is 26.5. The van der Waals surface area contributed by atoms with Crippen molar-refractivity contribution >= 4 is 0 Å². The Kier molecular flexibility index (Phi) is 7.65. The van der Waals surface area contributed by atoms with Gasteiger partial charge in [0.2, 0.25) is 0 Å². The minimum absolute atomic E-state index is 0.0446. The van der Waals surface area contributed by atoms with Crippen molar-refractivity contribution in [1.82, 2.24) is 0 Å². The molecule has 0 saturated heterocycles. The molecule has 2 nitrogen and oxygen atoms in total. The number of nitrogens with two attached hydrogens (primary N) is 1. The molecule has 0 bridgehead atoms. The minimum Gasteiger partial charge on any atom is -0.379 e. The number of hydrogen-bond donors (Lipinski definition) is 2. The second kappa shape index (κ2) is 9.10. The van der Waals surface area contributed by atoms with Gasteiger partial charge in [0.15, 0.2) is 0 Å². The minimum atomic E-state index is -1.29. The first-order valence-electron chi connectivity index (χ1n) is 12.9.